The first-order valence-corrected chi connectivity index (χ1v) is 6.20. The van der Waals surface area contributed by atoms with E-state index in [1.54, 1.807) is 0 Å². The van der Waals surface area contributed by atoms with Crippen LogP contribution in [0.3, 0.4) is 0 Å². The average molecular weight is 289 g/mol. The molecule has 114 valence electrons. The van der Waals surface area contributed by atoms with Gasteiger partial charge in [-0.1, -0.05) is 0 Å². The SMILES string of the molecule is CC(=O)OC1CC(CN)OC(OC(C)=O)C1OC(C)=O. The summed E-state index contributed by atoms with van der Waals surface area (Å²) in [5.41, 5.74) is 5.52. The van der Waals surface area contributed by atoms with Crippen molar-refractivity contribution >= 4 is 17.9 Å². The number of hydrogen-bond donors (Lipinski definition) is 1. The standard InChI is InChI=1S/C12H19NO7/c1-6(14)17-10-4-9(5-13)20-12(19-8(3)16)11(10)18-7(2)15/h9-12H,4-5,13H2,1-3H3. The summed E-state index contributed by atoms with van der Waals surface area (Å²) in [6.45, 7) is 3.78. The fourth-order valence-corrected chi connectivity index (χ4v) is 1.95. The van der Waals surface area contributed by atoms with E-state index in [4.69, 9.17) is 24.7 Å². The minimum Gasteiger partial charge on any atom is -0.458 e. The molecule has 1 saturated heterocycles. The van der Waals surface area contributed by atoms with E-state index in [0.717, 1.165) is 0 Å². The van der Waals surface area contributed by atoms with Gasteiger partial charge in [0.1, 0.15) is 6.10 Å². The predicted octanol–water partition coefficient (Wildman–Crippen LogP) is -0.513. The van der Waals surface area contributed by atoms with E-state index >= 15 is 0 Å². The van der Waals surface area contributed by atoms with Gasteiger partial charge in [-0.05, 0) is 0 Å². The molecule has 20 heavy (non-hydrogen) atoms. The number of nitrogens with two attached hydrogens (primary N) is 1. The van der Waals surface area contributed by atoms with Crippen LogP contribution in [0.2, 0.25) is 0 Å². The van der Waals surface area contributed by atoms with Gasteiger partial charge in [0.05, 0.1) is 6.10 Å². The van der Waals surface area contributed by atoms with Gasteiger partial charge >= 0.3 is 17.9 Å². The van der Waals surface area contributed by atoms with Crippen molar-refractivity contribution in [3.05, 3.63) is 0 Å². The predicted molar refractivity (Wildman–Crippen MR) is 65.2 cm³/mol. The van der Waals surface area contributed by atoms with Gasteiger partial charge in [-0.3, -0.25) is 14.4 Å². The second-order valence-electron chi connectivity index (χ2n) is 4.43. The molecule has 0 saturated carbocycles. The minimum absolute atomic E-state index is 0.155. The van der Waals surface area contributed by atoms with Gasteiger partial charge in [0.25, 0.3) is 0 Å². The van der Waals surface area contributed by atoms with Crippen molar-refractivity contribution in [2.24, 2.45) is 5.73 Å². The van der Waals surface area contributed by atoms with Crippen LogP contribution in [-0.4, -0.2) is 49.1 Å². The number of carbonyl (C=O) groups is 3. The fourth-order valence-electron chi connectivity index (χ4n) is 1.95. The van der Waals surface area contributed by atoms with Crippen LogP contribution in [0, 0.1) is 0 Å². The third-order valence-electron chi connectivity index (χ3n) is 2.62. The lowest BCUT2D eigenvalue weighted by Gasteiger charge is -2.39. The lowest BCUT2D eigenvalue weighted by Crippen LogP contribution is -2.54. The van der Waals surface area contributed by atoms with Gasteiger partial charge in [0, 0.05) is 33.7 Å². The van der Waals surface area contributed by atoms with Gasteiger partial charge in [-0.25, -0.2) is 0 Å². The maximum Gasteiger partial charge on any atom is 0.305 e. The molecule has 8 nitrogen and oxygen atoms in total. The number of rotatable bonds is 4. The Morgan fingerprint density at radius 2 is 1.60 bits per heavy atom. The monoisotopic (exact) mass is 289 g/mol. The molecule has 1 heterocycles. The maximum absolute atomic E-state index is 11.1. The second kappa shape index (κ2) is 7.20. The zero-order valence-corrected chi connectivity index (χ0v) is 11.7. The van der Waals surface area contributed by atoms with Crippen molar-refractivity contribution in [3.63, 3.8) is 0 Å². The van der Waals surface area contributed by atoms with Crippen molar-refractivity contribution in [3.8, 4) is 0 Å². The van der Waals surface area contributed by atoms with Crippen LogP contribution in [0.15, 0.2) is 0 Å². The number of carbonyl (C=O) groups excluding carboxylic acids is 3. The molecule has 0 radical (unpaired) electrons. The first kappa shape index (κ1) is 16.4. The Labute approximate surface area is 116 Å². The van der Waals surface area contributed by atoms with E-state index in [-0.39, 0.29) is 13.0 Å². The Hall–Kier alpha value is -1.67. The molecule has 2 N–H and O–H groups in total. The Morgan fingerprint density at radius 3 is 2.05 bits per heavy atom. The summed E-state index contributed by atoms with van der Waals surface area (Å²) in [6, 6.07) is 0. The fraction of sp³-hybridized carbons (Fsp3) is 0.750. The average Bonchev–Trinajstić information content (AvgIpc) is 2.30. The normalized spacial score (nSPS) is 29.4. The van der Waals surface area contributed by atoms with Crippen LogP contribution >= 0.6 is 0 Å². The first-order valence-electron chi connectivity index (χ1n) is 6.20. The molecule has 0 bridgehead atoms. The van der Waals surface area contributed by atoms with Crippen molar-refractivity contribution in [1.29, 1.82) is 0 Å². The molecule has 1 aliphatic heterocycles. The largest absolute Gasteiger partial charge is 0.458 e. The molecule has 1 aliphatic rings. The molecule has 4 atom stereocenters. The summed E-state index contributed by atoms with van der Waals surface area (Å²) < 4.78 is 20.6. The maximum atomic E-state index is 11.1. The number of ether oxygens (including phenoxy) is 4. The van der Waals surface area contributed by atoms with Gasteiger partial charge in [-0.15, -0.1) is 0 Å². The van der Waals surface area contributed by atoms with Crippen molar-refractivity contribution < 1.29 is 33.3 Å². The van der Waals surface area contributed by atoms with Crippen molar-refractivity contribution in [2.75, 3.05) is 6.54 Å². The zero-order valence-electron chi connectivity index (χ0n) is 11.7. The zero-order chi connectivity index (χ0) is 15.3. The highest BCUT2D eigenvalue weighted by atomic mass is 16.7. The highest BCUT2D eigenvalue weighted by Gasteiger charge is 2.44. The Balaban J connectivity index is 2.92. The van der Waals surface area contributed by atoms with E-state index in [1.165, 1.54) is 20.8 Å². The summed E-state index contributed by atoms with van der Waals surface area (Å²) in [5, 5.41) is 0. The summed E-state index contributed by atoms with van der Waals surface area (Å²) in [4.78, 5) is 33.4. The molecule has 4 unspecified atom stereocenters. The van der Waals surface area contributed by atoms with E-state index in [1.807, 2.05) is 0 Å². The van der Waals surface area contributed by atoms with Crippen LogP contribution in [0.5, 0.6) is 0 Å². The highest BCUT2D eigenvalue weighted by Crippen LogP contribution is 2.26. The second-order valence-corrected chi connectivity index (χ2v) is 4.43. The molecule has 0 amide bonds. The number of hydrogen-bond acceptors (Lipinski definition) is 8. The molecule has 0 aromatic heterocycles. The highest BCUT2D eigenvalue weighted by molar-refractivity contribution is 5.68. The Bertz CT molecular complexity index is 358. The molecule has 0 aromatic carbocycles. The van der Waals surface area contributed by atoms with E-state index in [0.29, 0.717) is 0 Å². The lowest BCUT2D eigenvalue weighted by molar-refractivity contribution is -0.265. The molecular weight excluding hydrogens is 270 g/mol. The summed E-state index contributed by atoms with van der Waals surface area (Å²) >= 11 is 0. The molecular formula is C12H19NO7. The molecule has 0 aliphatic carbocycles. The van der Waals surface area contributed by atoms with Crippen molar-refractivity contribution in [1.82, 2.24) is 0 Å². The summed E-state index contributed by atoms with van der Waals surface area (Å²) in [7, 11) is 0. The lowest BCUT2D eigenvalue weighted by atomic mass is 10.0. The van der Waals surface area contributed by atoms with Gasteiger partial charge in [0.15, 0.2) is 0 Å². The summed E-state index contributed by atoms with van der Waals surface area (Å²) in [6.07, 6.45) is -3.14. The van der Waals surface area contributed by atoms with E-state index in [2.05, 4.69) is 0 Å². The van der Waals surface area contributed by atoms with Crippen molar-refractivity contribution in [2.45, 2.75) is 51.8 Å². The van der Waals surface area contributed by atoms with Gasteiger partial charge in [-0.2, -0.15) is 0 Å². The quantitative estimate of drug-likeness (QED) is 0.543. The molecule has 1 rings (SSSR count). The minimum atomic E-state index is -1.15. The van der Waals surface area contributed by atoms with Gasteiger partial charge in [0.2, 0.25) is 12.4 Å². The van der Waals surface area contributed by atoms with Crippen LogP contribution in [0.1, 0.15) is 27.2 Å². The van der Waals surface area contributed by atoms with Crippen LogP contribution in [-0.2, 0) is 33.3 Å². The smallest absolute Gasteiger partial charge is 0.305 e. The Morgan fingerprint density at radius 1 is 1.05 bits per heavy atom. The first-order chi connectivity index (χ1) is 9.33. The topological polar surface area (TPSA) is 114 Å². The molecule has 0 spiro atoms. The third kappa shape index (κ3) is 4.78. The van der Waals surface area contributed by atoms with E-state index in [9.17, 15) is 14.4 Å². The third-order valence-corrected chi connectivity index (χ3v) is 2.62. The van der Waals surface area contributed by atoms with E-state index < -0.39 is 42.5 Å². The Kier molecular flexibility index (Phi) is 5.90. The molecule has 1 fully saturated rings. The molecule has 8 heteroatoms. The van der Waals surface area contributed by atoms with Gasteiger partial charge < -0.3 is 24.7 Å². The van der Waals surface area contributed by atoms with Crippen LogP contribution in [0.25, 0.3) is 0 Å². The van der Waals surface area contributed by atoms with Crippen LogP contribution < -0.4 is 5.73 Å². The number of esters is 3. The van der Waals surface area contributed by atoms with Crippen LogP contribution in [0.4, 0.5) is 0 Å². The molecule has 0 aromatic rings. The summed E-state index contributed by atoms with van der Waals surface area (Å²) in [5.74, 6) is -1.74.